The molecule has 3 aromatic rings. The molecule has 3 aromatic heterocycles. The number of carbonyl (C=O) groups excluding carboxylic acids is 2. The van der Waals surface area contributed by atoms with Crippen LogP contribution in [0.25, 0.3) is 5.65 Å². The van der Waals surface area contributed by atoms with Crippen LogP contribution in [0.5, 0.6) is 0 Å². The molecule has 0 aliphatic carbocycles. The quantitative estimate of drug-likeness (QED) is 0.742. The number of anilines is 1. The van der Waals surface area contributed by atoms with E-state index in [1.165, 1.54) is 0 Å². The van der Waals surface area contributed by atoms with Crippen molar-refractivity contribution in [2.24, 2.45) is 0 Å². The first-order valence-corrected chi connectivity index (χ1v) is 6.93. The van der Waals surface area contributed by atoms with Crippen LogP contribution >= 0.6 is 0 Å². The van der Waals surface area contributed by atoms with Gasteiger partial charge in [0.15, 0.2) is 5.65 Å². The predicted molar refractivity (Wildman–Crippen MR) is 82.9 cm³/mol. The summed E-state index contributed by atoms with van der Waals surface area (Å²) >= 11 is 0. The molecule has 0 unspecified atom stereocenters. The van der Waals surface area contributed by atoms with Crippen LogP contribution in [-0.4, -0.2) is 37.9 Å². The van der Waals surface area contributed by atoms with Crippen molar-refractivity contribution in [3.63, 3.8) is 0 Å². The number of nitrogens with zero attached hydrogens (tertiary/aromatic N) is 4. The third-order valence-electron chi connectivity index (χ3n) is 3.24. The molecule has 2 amide bonds. The molecule has 3 rings (SSSR count). The molecule has 0 saturated heterocycles. The summed E-state index contributed by atoms with van der Waals surface area (Å²) in [6.45, 7) is 1.69. The monoisotopic (exact) mass is 310 g/mol. The predicted octanol–water partition coefficient (Wildman–Crippen LogP) is 0.801. The molecule has 0 spiro atoms. The highest BCUT2D eigenvalue weighted by atomic mass is 16.2. The van der Waals surface area contributed by atoms with E-state index in [2.05, 4.69) is 25.8 Å². The van der Waals surface area contributed by atoms with E-state index in [9.17, 15) is 9.59 Å². The first-order chi connectivity index (χ1) is 11.1. The van der Waals surface area contributed by atoms with Gasteiger partial charge in [-0.15, -0.1) is 10.2 Å². The number of hydrogen-bond donors (Lipinski definition) is 2. The van der Waals surface area contributed by atoms with Crippen molar-refractivity contribution in [2.45, 2.75) is 6.92 Å². The van der Waals surface area contributed by atoms with E-state index >= 15 is 0 Å². The zero-order chi connectivity index (χ0) is 16.2. The van der Waals surface area contributed by atoms with Gasteiger partial charge in [-0.2, -0.15) is 0 Å². The highest BCUT2D eigenvalue weighted by Crippen LogP contribution is 2.10. The molecule has 0 radical (unpaired) electrons. The van der Waals surface area contributed by atoms with Crippen molar-refractivity contribution in [1.29, 1.82) is 0 Å². The Kier molecular flexibility index (Phi) is 3.96. The number of carbonyl (C=O) groups is 2. The standard InChI is InChI=1S/C15H14N6O2/c1-10-5-6-16-8-11(10)18-13(22)9-17-15(23)14-20-19-12-4-2-3-7-21(12)14/h2-8H,9H2,1H3,(H,17,23)(H,18,22). The maximum absolute atomic E-state index is 12.1. The van der Waals surface area contributed by atoms with E-state index in [-0.39, 0.29) is 18.3 Å². The van der Waals surface area contributed by atoms with Crippen LogP contribution in [0.4, 0.5) is 5.69 Å². The van der Waals surface area contributed by atoms with Crippen LogP contribution < -0.4 is 10.6 Å². The molecule has 8 heteroatoms. The van der Waals surface area contributed by atoms with Crippen LogP contribution in [0.15, 0.2) is 42.9 Å². The minimum absolute atomic E-state index is 0.131. The zero-order valence-electron chi connectivity index (χ0n) is 12.4. The molecule has 0 saturated carbocycles. The van der Waals surface area contributed by atoms with Crippen molar-refractivity contribution in [3.8, 4) is 0 Å². The maximum Gasteiger partial charge on any atom is 0.290 e. The Balaban J connectivity index is 1.63. The van der Waals surface area contributed by atoms with Crippen LogP contribution in [0.2, 0.25) is 0 Å². The lowest BCUT2D eigenvalue weighted by atomic mass is 10.2. The topological polar surface area (TPSA) is 101 Å². The average Bonchev–Trinajstić information content (AvgIpc) is 2.99. The van der Waals surface area contributed by atoms with Gasteiger partial charge in [0.2, 0.25) is 11.7 Å². The van der Waals surface area contributed by atoms with Crippen molar-refractivity contribution in [1.82, 2.24) is 24.9 Å². The highest BCUT2D eigenvalue weighted by Gasteiger charge is 2.15. The van der Waals surface area contributed by atoms with Gasteiger partial charge in [-0.25, -0.2) is 0 Å². The number of amides is 2. The minimum Gasteiger partial charge on any atom is -0.340 e. The lowest BCUT2D eigenvalue weighted by Crippen LogP contribution is -2.34. The van der Waals surface area contributed by atoms with Gasteiger partial charge in [-0.1, -0.05) is 6.07 Å². The Morgan fingerprint density at radius 3 is 2.91 bits per heavy atom. The van der Waals surface area contributed by atoms with Crippen LogP contribution in [0.1, 0.15) is 16.2 Å². The minimum atomic E-state index is -0.471. The summed E-state index contributed by atoms with van der Waals surface area (Å²) < 4.78 is 1.55. The summed E-state index contributed by atoms with van der Waals surface area (Å²) in [6.07, 6.45) is 4.88. The first-order valence-electron chi connectivity index (χ1n) is 6.93. The van der Waals surface area contributed by atoms with Gasteiger partial charge in [0.1, 0.15) is 0 Å². The number of fused-ring (bicyclic) bond motifs is 1. The van der Waals surface area contributed by atoms with E-state index in [1.54, 1.807) is 47.3 Å². The molecule has 2 N–H and O–H groups in total. The van der Waals surface area contributed by atoms with Crippen LogP contribution in [0, 0.1) is 6.92 Å². The fourth-order valence-electron chi connectivity index (χ4n) is 2.03. The van der Waals surface area contributed by atoms with E-state index in [0.29, 0.717) is 11.3 Å². The summed E-state index contributed by atoms with van der Waals surface area (Å²) in [4.78, 5) is 28.0. The van der Waals surface area contributed by atoms with E-state index in [0.717, 1.165) is 5.56 Å². The van der Waals surface area contributed by atoms with Crippen molar-refractivity contribution in [2.75, 3.05) is 11.9 Å². The third-order valence-corrected chi connectivity index (χ3v) is 3.24. The largest absolute Gasteiger partial charge is 0.340 e. The van der Waals surface area contributed by atoms with Gasteiger partial charge in [0, 0.05) is 12.4 Å². The average molecular weight is 310 g/mol. The number of nitrogens with one attached hydrogen (secondary N) is 2. The van der Waals surface area contributed by atoms with Crippen molar-refractivity contribution < 1.29 is 9.59 Å². The molecular formula is C15H14N6O2. The molecule has 0 aliphatic rings. The molecule has 0 atom stereocenters. The van der Waals surface area contributed by atoms with E-state index < -0.39 is 5.91 Å². The Hall–Kier alpha value is -3.29. The zero-order valence-corrected chi connectivity index (χ0v) is 12.4. The van der Waals surface area contributed by atoms with Crippen molar-refractivity contribution >= 4 is 23.1 Å². The van der Waals surface area contributed by atoms with Gasteiger partial charge in [0.05, 0.1) is 18.4 Å². The second-order valence-electron chi connectivity index (χ2n) is 4.87. The van der Waals surface area contributed by atoms with E-state index in [4.69, 9.17) is 0 Å². The normalized spacial score (nSPS) is 10.5. The van der Waals surface area contributed by atoms with E-state index in [1.807, 2.05) is 6.92 Å². The third kappa shape index (κ3) is 3.15. The number of aromatic nitrogens is 4. The second kappa shape index (κ2) is 6.22. The fraction of sp³-hybridized carbons (Fsp3) is 0.133. The molecule has 3 heterocycles. The van der Waals surface area contributed by atoms with Crippen LogP contribution in [-0.2, 0) is 4.79 Å². The number of aryl methyl sites for hydroxylation is 1. The Bertz CT molecular complexity index is 873. The molecular weight excluding hydrogens is 296 g/mol. The summed E-state index contributed by atoms with van der Waals surface area (Å²) in [6, 6.07) is 7.10. The Labute approximate surface area is 131 Å². The van der Waals surface area contributed by atoms with Gasteiger partial charge < -0.3 is 10.6 Å². The van der Waals surface area contributed by atoms with Gasteiger partial charge in [-0.3, -0.25) is 19.0 Å². The summed E-state index contributed by atoms with van der Waals surface area (Å²) in [7, 11) is 0. The molecule has 116 valence electrons. The fourth-order valence-corrected chi connectivity index (χ4v) is 2.03. The van der Waals surface area contributed by atoms with Crippen molar-refractivity contribution in [3.05, 3.63) is 54.2 Å². The Morgan fingerprint density at radius 1 is 1.22 bits per heavy atom. The summed E-state index contributed by atoms with van der Waals surface area (Å²) in [5, 5.41) is 12.9. The molecule has 0 fully saturated rings. The van der Waals surface area contributed by atoms with Gasteiger partial charge >= 0.3 is 0 Å². The molecule has 23 heavy (non-hydrogen) atoms. The molecule has 0 aromatic carbocycles. The maximum atomic E-state index is 12.1. The number of hydrogen-bond acceptors (Lipinski definition) is 5. The highest BCUT2D eigenvalue weighted by molar-refractivity contribution is 5.98. The second-order valence-corrected chi connectivity index (χ2v) is 4.87. The SMILES string of the molecule is Cc1ccncc1NC(=O)CNC(=O)c1nnc2ccccn12. The molecule has 8 nitrogen and oxygen atoms in total. The molecule has 0 aliphatic heterocycles. The van der Waals surface area contributed by atoms with Crippen LogP contribution in [0.3, 0.4) is 0 Å². The molecule has 0 bridgehead atoms. The lowest BCUT2D eigenvalue weighted by molar-refractivity contribution is -0.115. The number of rotatable bonds is 4. The smallest absolute Gasteiger partial charge is 0.290 e. The lowest BCUT2D eigenvalue weighted by Gasteiger charge is -2.08. The summed E-state index contributed by atoms with van der Waals surface area (Å²) in [5.41, 5.74) is 2.07. The van der Waals surface area contributed by atoms with Gasteiger partial charge in [0.25, 0.3) is 5.91 Å². The number of pyridine rings is 2. The summed E-state index contributed by atoms with van der Waals surface area (Å²) in [5.74, 6) is -0.684. The van der Waals surface area contributed by atoms with Gasteiger partial charge in [-0.05, 0) is 30.7 Å². The first kappa shape index (κ1) is 14.6. The Morgan fingerprint density at radius 2 is 2.09 bits per heavy atom.